The molecule has 5 aromatic rings. The molecule has 3 heterocycles. The number of aromatic hydroxyl groups is 1. The Morgan fingerprint density at radius 2 is 1.36 bits per heavy atom. The number of nitrogens with zero attached hydrogens (tertiary/aromatic N) is 3. The van der Waals surface area contributed by atoms with Crippen molar-refractivity contribution in [2.75, 3.05) is 18.9 Å². The molecular formula is C59H79N7O6S. The lowest BCUT2D eigenvalue weighted by molar-refractivity contribution is -0.125. The minimum Gasteiger partial charge on any atom is -0.507 e. The number of aromatic nitrogens is 2. The van der Waals surface area contributed by atoms with Crippen molar-refractivity contribution < 1.29 is 29.3 Å². The second kappa shape index (κ2) is 29.4. The number of benzene rings is 3. The van der Waals surface area contributed by atoms with Gasteiger partial charge >= 0.3 is 0 Å². The van der Waals surface area contributed by atoms with Gasteiger partial charge in [-0.05, 0) is 77.1 Å². The van der Waals surface area contributed by atoms with Crippen molar-refractivity contribution in [1.82, 2.24) is 31.0 Å². The first-order valence-electron chi connectivity index (χ1n) is 26.6. The summed E-state index contributed by atoms with van der Waals surface area (Å²) in [5.74, 6) is 0.723. The number of carbonyl (C=O) groups excluding carboxylic acids is 3. The van der Waals surface area contributed by atoms with E-state index in [0.717, 1.165) is 55.2 Å². The number of hydrogen-bond acceptors (Lipinski definition) is 11. The van der Waals surface area contributed by atoms with Crippen LogP contribution in [0, 0.1) is 12.8 Å². The molecule has 392 valence electrons. The van der Waals surface area contributed by atoms with E-state index in [9.17, 15) is 24.6 Å². The predicted molar refractivity (Wildman–Crippen MR) is 294 cm³/mol. The summed E-state index contributed by atoms with van der Waals surface area (Å²) in [4.78, 5) is 42.2. The normalized spacial score (nSPS) is 14.8. The van der Waals surface area contributed by atoms with Gasteiger partial charge in [-0.15, -0.1) is 21.5 Å². The Morgan fingerprint density at radius 3 is 1.96 bits per heavy atom. The monoisotopic (exact) mass is 1010 g/mol. The number of ether oxygens (including phenoxy) is 1. The third-order valence-electron chi connectivity index (χ3n) is 13.8. The quantitative estimate of drug-likeness (QED) is 0.0233. The van der Waals surface area contributed by atoms with Gasteiger partial charge in [0.05, 0.1) is 18.8 Å². The summed E-state index contributed by atoms with van der Waals surface area (Å²) < 4.78 is 5.92. The van der Waals surface area contributed by atoms with Gasteiger partial charge in [0.1, 0.15) is 17.5 Å². The number of phenols is 1. The zero-order valence-corrected chi connectivity index (χ0v) is 44.2. The second-order valence-corrected chi connectivity index (χ2v) is 20.9. The minimum absolute atomic E-state index is 0.00119. The van der Waals surface area contributed by atoms with Crippen molar-refractivity contribution in [2.45, 2.75) is 161 Å². The molecule has 3 amide bonds. The standard InChI is InChI=1S/C59H79N7O6S/c1-41(2)56(43(4)66-40-48(67)36-51(66)59(71)62-39-46-28-30-47(31-29-46)57-42(3)33-35-73-57)63-55(70)23-17-15-13-11-9-7-5-6-8-10-12-14-16-22-54(69)61-38-45-26-24-44(25-27-45)32-34-72-53-37-50(64-65-58(53)60)49-20-18-19-21-52(49)68/h18-21,24-31,33,35,37,41,48,51,56,67-68H,4-17,22-23,32,34,36,38-40H2,1-3H3,(H2,60,65)(H,61,69)(H,62,71)(H,63,70)/t48-,51+,56+/m1/s1. The lowest BCUT2D eigenvalue weighted by Crippen LogP contribution is -2.49. The predicted octanol–water partition coefficient (Wildman–Crippen LogP) is 11.0. The second-order valence-electron chi connectivity index (χ2n) is 20.0. The van der Waals surface area contributed by atoms with Crippen molar-refractivity contribution in [3.63, 3.8) is 0 Å². The molecule has 0 bridgehead atoms. The topological polar surface area (TPSA) is 192 Å². The number of para-hydroxylation sites is 1. The maximum absolute atomic E-state index is 13.5. The number of hydrogen-bond donors (Lipinski definition) is 6. The Morgan fingerprint density at radius 1 is 0.781 bits per heavy atom. The molecule has 73 heavy (non-hydrogen) atoms. The number of β-amino-alcohol motifs (C(OH)–C–C–N with tert-alkyl or cyclic N) is 1. The first kappa shape index (κ1) is 56.1. The highest BCUT2D eigenvalue weighted by Gasteiger charge is 2.39. The van der Waals surface area contributed by atoms with Crippen LogP contribution in [0.25, 0.3) is 21.7 Å². The minimum atomic E-state index is -0.646. The smallest absolute Gasteiger partial charge is 0.243 e. The number of anilines is 1. The fourth-order valence-electron chi connectivity index (χ4n) is 9.42. The van der Waals surface area contributed by atoms with Crippen molar-refractivity contribution in [3.05, 3.63) is 125 Å². The number of rotatable bonds is 31. The first-order valence-corrected chi connectivity index (χ1v) is 27.5. The van der Waals surface area contributed by atoms with Crippen LogP contribution in [-0.4, -0.2) is 74.4 Å². The largest absolute Gasteiger partial charge is 0.507 e. The molecule has 1 aliphatic rings. The maximum Gasteiger partial charge on any atom is 0.243 e. The van der Waals surface area contributed by atoms with Gasteiger partial charge in [0.25, 0.3) is 0 Å². The molecule has 1 aliphatic heterocycles. The summed E-state index contributed by atoms with van der Waals surface area (Å²) >= 11 is 1.72. The number of carbonyl (C=O) groups is 3. The average molecular weight is 1010 g/mol. The van der Waals surface area contributed by atoms with E-state index in [1.165, 1.54) is 60.9 Å². The summed E-state index contributed by atoms with van der Waals surface area (Å²) in [7, 11) is 0. The van der Waals surface area contributed by atoms with E-state index in [1.807, 2.05) is 61.2 Å². The number of aliphatic hydroxyl groups excluding tert-OH is 1. The molecule has 3 aromatic carbocycles. The van der Waals surface area contributed by atoms with Crippen molar-refractivity contribution in [1.29, 1.82) is 0 Å². The van der Waals surface area contributed by atoms with Gasteiger partial charge in [-0.2, -0.15) is 0 Å². The molecule has 0 unspecified atom stereocenters. The van der Waals surface area contributed by atoms with Gasteiger partial charge in [-0.1, -0.05) is 152 Å². The lowest BCUT2D eigenvalue weighted by Gasteiger charge is -2.34. The third kappa shape index (κ3) is 18.0. The number of unbranched alkanes of at least 4 members (excludes halogenated alkanes) is 12. The van der Waals surface area contributed by atoms with Crippen molar-refractivity contribution >= 4 is 34.9 Å². The summed E-state index contributed by atoms with van der Waals surface area (Å²) in [6, 6.07) is 26.2. The van der Waals surface area contributed by atoms with E-state index in [1.54, 1.807) is 35.6 Å². The van der Waals surface area contributed by atoms with E-state index >= 15 is 0 Å². The van der Waals surface area contributed by atoms with Crippen molar-refractivity contribution in [2.24, 2.45) is 5.92 Å². The highest BCUT2D eigenvalue weighted by molar-refractivity contribution is 7.13. The zero-order chi connectivity index (χ0) is 52.0. The maximum atomic E-state index is 13.5. The SMILES string of the molecule is C=C([C@@H](NC(=O)CCCCCCCCCCCCCCCC(=O)NCc1ccc(CCOc2cc(-c3ccccc3O)nnc2N)cc1)C(C)C)N1C[C@H](O)C[C@H]1C(=O)NCc1ccc(-c2sccc2C)cc1. The van der Waals surface area contributed by atoms with Crippen LogP contribution in [0.4, 0.5) is 5.82 Å². The molecule has 2 aromatic heterocycles. The summed E-state index contributed by atoms with van der Waals surface area (Å²) in [5.41, 5.74) is 13.3. The number of thiophene rings is 1. The highest BCUT2D eigenvalue weighted by Crippen LogP contribution is 2.32. The van der Waals surface area contributed by atoms with Crippen LogP contribution in [0.5, 0.6) is 11.5 Å². The molecule has 13 nitrogen and oxygen atoms in total. The zero-order valence-electron chi connectivity index (χ0n) is 43.4. The van der Waals surface area contributed by atoms with Crippen LogP contribution in [0.15, 0.2) is 103 Å². The lowest BCUT2D eigenvalue weighted by atomic mass is 9.99. The third-order valence-corrected chi connectivity index (χ3v) is 14.8. The average Bonchev–Trinajstić information content (AvgIpc) is 4.01. The summed E-state index contributed by atoms with van der Waals surface area (Å²) in [6.45, 7) is 12.2. The molecule has 6 rings (SSSR count). The molecule has 0 radical (unpaired) electrons. The van der Waals surface area contributed by atoms with Gasteiger partial charge in [0.2, 0.25) is 17.7 Å². The summed E-state index contributed by atoms with van der Waals surface area (Å²) in [5, 5.41) is 40.3. The van der Waals surface area contributed by atoms with Crippen LogP contribution in [0.2, 0.25) is 0 Å². The van der Waals surface area contributed by atoms with E-state index in [2.05, 4.69) is 63.2 Å². The van der Waals surface area contributed by atoms with Gasteiger partial charge in [-0.3, -0.25) is 14.4 Å². The van der Waals surface area contributed by atoms with E-state index < -0.39 is 12.1 Å². The number of phenolic OH excluding ortho intramolecular Hbond substituents is 1. The molecule has 1 fully saturated rings. The number of nitrogens with one attached hydrogen (secondary N) is 3. The Bertz CT molecular complexity index is 2510. The van der Waals surface area contributed by atoms with Crippen LogP contribution in [0.3, 0.4) is 0 Å². The van der Waals surface area contributed by atoms with Gasteiger partial charge in [-0.25, -0.2) is 0 Å². The van der Waals surface area contributed by atoms with E-state index in [4.69, 9.17) is 10.5 Å². The number of nitrogen functional groups attached to an aromatic ring is 1. The molecular weight excluding hydrogens is 935 g/mol. The van der Waals surface area contributed by atoms with Crippen LogP contribution < -0.4 is 26.4 Å². The van der Waals surface area contributed by atoms with E-state index in [0.29, 0.717) is 74.6 Å². The molecule has 14 heteroatoms. The fourth-order valence-corrected chi connectivity index (χ4v) is 10.4. The molecule has 0 saturated carbocycles. The fraction of sp³-hybridized carbons (Fsp3) is 0.475. The number of aliphatic hydroxyl groups is 1. The van der Waals surface area contributed by atoms with Crippen LogP contribution in [0.1, 0.15) is 139 Å². The first-order chi connectivity index (χ1) is 35.4. The number of nitrogens with two attached hydrogens (primary N) is 1. The van der Waals surface area contributed by atoms with Gasteiger partial charge in [0.15, 0.2) is 11.6 Å². The molecule has 0 spiro atoms. The number of likely N-dealkylation sites (tertiary alicyclic amines) is 1. The molecule has 7 N–H and O–H groups in total. The summed E-state index contributed by atoms with van der Waals surface area (Å²) in [6.07, 6.45) is 16.1. The Labute approximate surface area is 437 Å². The highest BCUT2D eigenvalue weighted by atomic mass is 32.1. The van der Waals surface area contributed by atoms with Crippen LogP contribution in [-0.2, 0) is 33.9 Å². The van der Waals surface area contributed by atoms with Gasteiger partial charge < -0.3 is 41.5 Å². The molecule has 1 saturated heterocycles. The Hall–Kier alpha value is -6.25. The van der Waals surface area contributed by atoms with Crippen LogP contribution >= 0.6 is 11.3 Å². The number of amides is 3. The number of aryl methyl sites for hydroxylation is 1. The van der Waals surface area contributed by atoms with E-state index in [-0.39, 0.29) is 41.2 Å². The molecule has 0 aliphatic carbocycles. The molecule has 3 atom stereocenters. The Kier molecular flexibility index (Phi) is 22.6. The Balaban J connectivity index is 0.738. The van der Waals surface area contributed by atoms with Crippen molar-refractivity contribution in [3.8, 4) is 33.2 Å². The van der Waals surface area contributed by atoms with Gasteiger partial charge in [0, 0.05) is 67.5 Å².